The number of hydrogen-bond acceptors (Lipinski definition) is 6. The maximum absolute atomic E-state index is 12.7. The van der Waals surface area contributed by atoms with Gasteiger partial charge in [-0.2, -0.15) is 0 Å². The third kappa shape index (κ3) is 4.23. The Morgan fingerprint density at radius 1 is 1.31 bits per heavy atom. The summed E-state index contributed by atoms with van der Waals surface area (Å²) >= 11 is 3.23. The first-order chi connectivity index (χ1) is 12.5. The van der Waals surface area contributed by atoms with E-state index in [4.69, 9.17) is 4.74 Å². The largest absolute Gasteiger partial charge is 0.488 e. The van der Waals surface area contributed by atoms with E-state index < -0.39 is 0 Å². The molecule has 0 bridgehead atoms. The molecular weight excluding hydrogens is 366 g/mol. The van der Waals surface area contributed by atoms with E-state index in [1.165, 1.54) is 0 Å². The summed E-state index contributed by atoms with van der Waals surface area (Å²) < 4.78 is 7.03. The van der Waals surface area contributed by atoms with Crippen molar-refractivity contribution < 1.29 is 9.53 Å². The van der Waals surface area contributed by atoms with Gasteiger partial charge in [0.2, 0.25) is 0 Å². The molecule has 1 N–H and O–H groups in total. The maximum Gasteiger partial charge on any atom is 0.253 e. The van der Waals surface area contributed by atoms with E-state index in [0.29, 0.717) is 13.2 Å². The first kappa shape index (κ1) is 18.8. The molecule has 0 saturated carbocycles. The third-order valence-corrected chi connectivity index (χ3v) is 6.12. The van der Waals surface area contributed by atoms with Crippen molar-refractivity contribution in [2.24, 2.45) is 0 Å². The first-order valence-corrected chi connectivity index (χ1v) is 10.1. The molecule has 0 saturated heterocycles. The zero-order chi connectivity index (χ0) is 18.7. The van der Waals surface area contributed by atoms with Crippen LogP contribution in [0.2, 0.25) is 0 Å². The summed E-state index contributed by atoms with van der Waals surface area (Å²) in [5.41, 5.74) is 3.59. The van der Waals surface area contributed by atoms with Crippen molar-refractivity contribution >= 4 is 38.7 Å². The second kappa shape index (κ2) is 8.16. The highest BCUT2D eigenvalue weighted by atomic mass is 32.1. The second-order valence-electron chi connectivity index (χ2n) is 6.40. The molecular formula is C19H23N3O2S2. The molecule has 0 unspecified atom stereocenters. The number of aromatic nitrogens is 1. The van der Waals surface area contributed by atoms with Gasteiger partial charge in [-0.15, -0.1) is 22.7 Å². The fourth-order valence-electron chi connectivity index (χ4n) is 2.67. The number of benzene rings is 1. The van der Waals surface area contributed by atoms with Crippen LogP contribution in [-0.4, -0.2) is 43.0 Å². The van der Waals surface area contributed by atoms with Crippen molar-refractivity contribution in [1.82, 2.24) is 15.2 Å². The van der Waals surface area contributed by atoms with E-state index in [0.717, 1.165) is 43.4 Å². The Hall–Kier alpha value is -1.96. The molecule has 7 heteroatoms. The van der Waals surface area contributed by atoms with Crippen LogP contribution < -0.4 is 10.1 Å². The molecule has 0 fully saturated rings. The number of thiophene rings is 1. The minimum absolute atomic E-state index is 0.0222. The lowest BCUT2D eigenvalue weighted by molar-refractivity contribution is 0.0952. The number of nitrogens with one attached hydrogen (secondary N) is 1. The monoisotopic (exact) mass is 389 g/mol. The number of nitrogens with zero attached hydrogens (tertiary/aromatic N) is 2. The molecule has 3 aromatic rings. The van der Waals surface area contributed by atoms with E-state index in [1.807, 2.05) is 56.6 Å². The molecule has 5 nitrogen and oxygen atoms in total. The lowest BCUT2D eigenvalue weighted by Crippen LogP contribution is -2.31. The third-order valence-electron chi connectivity index (χ3n) is 4.12. The molecule has 3 rings (SSSR count). The number of ether oxygens (including phenoxy) is 1. The Labute approximate surface area is 161 Å². The Bertz CT molecular complexity index is 915. The maximum atomic E-state index is 12.7. The first-order valence-electron chi connectivity index (χ1n) is 8.43. The van der Waals surface area contributed by atoms with Gasteiger partial charge in [0.15, 0.2) is 0 Å². The summed E-state index contributed by atoms with van der Waals surface area (Å²) in [7, 11) is 3.98. The van der Waals surface area contributed by atoms with Gasteiger partial charge in [0.05, 0.1) is 21.6 Å². The van der Waals surface area contributed by atoms with Gasteiger partial charge in [-0.1, -0.05) is 0 Å². The molecule has 0 atom stereocenters. The fraction of sp³-hybridized carbons (Fsp3) is 0.368. The number of fused-ring (bicyclic) bond motifs is 1. The summed E-state index contributed by atoms with van der Waals surface area (Å²) in [6.45, 7) is 5.91. The quantitative estimate of drug-likeness (QED) is 0.667. The predicted molar refractivity (Wildman–Crippen MR) is 109 cm³/mol. The number of likely N-dealkylation sites (N-methyl/N-ethyl adjacent to an activating group) is 1. The van der Waals surface area contributed by atoms with Crippen molar-refractivity contribution in [3.05, 3.63) is 44.7 Å². The Morgan fingerprint density at radius 2 is 2.12 bits per heavy atom. The highest BCUT2D eigenvalue weighted by molar-refractivity contribution is 7.19. The van der Waals surface area contributed by atoms with E-state index in [9.17, 15) is 4.79 Å². The van der Waals surface area contributed by atoms with E-state index in [2.05, 4.69) is 10.3 Å². The van der Waals surface area contributed by atoms with Gasteiger partial charge < -0.3 is 15.0 Å². The predicted octanol–water partition coefficient (Wildman–Crippen LogP) is 3.85. The number of hydrogen-bond donors (Lipinski definition) is 1. The lowest BCUT2D eigenvalue weighted by atomic mass is 10.1. The lowest BCUT2D eigenvalue weighted by Gasteiger charge is -2.11. The SMILES string of the molecule is Cc1ncsc1COc1ccc2sc(C)c(C(=O)NCCN(C)C)c2c1. The minimum Gasteiger partial charge on any atom is -0.488 e. The van der Waals surface area contributed by atoms with Crippen LogP contribution in [0.4, 0.5) is 0 Å². The number of rotatable bonds is 7. The number of carbonyl (C=O) groups excluding carboxylic acids is 1. The molecule has 1 amide bonds. The van der Waals surface area contributed by atoms with Gasteiger partial charge in [0, 0.05) is 28.1 Å². The van der Waals surface area contributed by atoms with Crippen molar-refractivity contribution in [3.8, 4) is 5.75 Å². The van der Waals surface area contributed by atoms with E-state index in [-0.39, 0.29) is 5.91 Å². The zero-order valence-electron chi connectivity index (χ0n) is 15.5. The van der Waals surface area contributed by atoms with Gasteiger partial charge in [-0.25, -0.2) is 4.98 Å². The van der Waals surface area contributed by atoms with Crippen molar-refractivity contribution in [2.45, 2.75) is 20.5 Å². The van der Waals surface area contributed by atoms with Crippen LogP contribution in [0.1, 0.15) is 25.8 Å². The number of thiazole rings is 1. The van der Waals surface area contributed by atoms with Crippen molar-refractivity contribution in [1.29, 1.82) is 0 Å². The van der Waals surface area contributed by atoms with Crippen LogP contribution >= 0.6 is 22.7 Å². The highest BCUT2D eigenvalue weighted by Crippen LogP contribution is 2.33. The smallest absolute Gasteiger partial charge is 0.253 e. The fourth-order valence-corrected chi connectivity index (χ4v) is 4.40. The summed E-state index contributed by atoms with van der Waals surface area (Å²) in [4.78, 5) is 21.1. The summed E-state index contributed by atoms with van der Waals surface area (Å²) in [6, 6.07) is 5.96. The molecule has 0 spiro atoms. The number of amides is 1. The van der Waals surface area contributed by atoms with Gasteiger partial charge in [0.1, 0.15) is 12.4 Å². The zero-order valence-corrected chi connectivity index (χ0v) is 17.1. The van der Waals surface area contributed by atoms with Crippen LogP contribution in [0.25, 0.3) is 10.1 Å². The standard InChI is InChI=1S/C19H23N3O2S2/c1-12-17(25-11-21-12)10-24-14-5-6-16-15(9-14)18(13(2)26-16)19(23)20-7-8-22(3)4/h5-6,9,11H,7-8,10H2,1-4H3,(H,20,23). The van der Waals surface area contributed by atoms with Gasteiger partial charge in [0.25, 0.3) is 5.91 Å². The Kier molecular flexibility index (Phi) is 5.90. The van der Waals surface area contributed by atoms with Crippen LogP contribution in [0.15, 0.2) is 23.7 Å². The Balaban J connectivity index is 1.79. The summed E-state index contributed by atoms with van der Waals surface area (Å²) in [5, 5.41) is 3.96. The molecule has 2 heterocycles. The molecule has 26 heavy (non-hydrogen) atoms. The van der Waals surface area contributed by atoms with Crippen LogP contribution in [0.3, 0.4) is 0 Å². The normalized spacial score (nSPS) is 11.3. The topological polar surface area (TPSA) is 54.5 Å². The molecule has 1 aromatic carbocycles. The highest BCUT2D eigenvalue weighted by Gasteiger charge is 2.17. The van der Waals surface area contributed by atoms with Crippen LogP contribution in [0.5, 0.6) is 5.75 Å². The molecule has 0 aliphatic heterocycles. The molecule has 2 aromatic heterocycles. The average molecular weight is 390 g/mol. The van der Waals surface area contributed by atoms with Crippen LogP contribution in [0, 0.1) is 13.8 Å². The summed E-state index contributed by atoms with van der Waals surface area (Å²) in [6.07, 6.45) is 0. The van der Waals surface area contributed by atoms with E-state index >= 15 is 0 Å². The van der Waals surface area contributed by atoms with Gasteiger partial charge >= 0.3 is 0 Å². The minimum atomic E-state index is -0.0222. The second-order valence-corrected chi connectivity index (χ2v) is 8.60. The van der Waals surface area contributed by atoms with Crippen LogP contribution in [-0.2, 0) is 6.61 Å². The van der Waals surface area contributed by atoms with Crippen molar-refractivity contribution in [3.63, 3.8) is 0 Å². The molecule has 0 aliphatic rings. The van der Waals surface area contributed by atoms with Crippen molar-refractivity contribution in [2.75, 3.05) is 27.2 Å². The molecule has 0 aliphatic carbocycles. The average Bonchev–Trinajstić information content (AvgIpc) is 3.14. The van der Waals surface area contributed by atoms with Gasteiger partial charge in [-0.3, -0.25) is 4.79 Å². The molecule has 138 valence electrons. The van der Waals surface area contributed by atoms with Gasteiger partial charge in [-0.05, 0) is 46.1 Å². The summed E-state index contributed by atoms with van der Waals surface area (Å²) in [5.74, 6) is 0.747. The Morgan fingerprint density at radius 3 is 2.81 bits per heavy atom. The van der Waals surface area contributed by atoms with E-state index in [1.54, 1.807) is 22.7 Å². The number of aryl methyl sites for hydroxylation is 2. The molecule has 0 radical (unpaired) electrons. The number of carbonyl (C=O) groups is 1.